The fraction of sp³-hybridized carbons (Fsp3) is 0.708. The fourth-order valence-corrected chi connectivity index (χ4v) is 6.65. The molecule has 1 aromatic carbocycles. The van der Waals surface area contributed by atoms with E-state index in [-0.39, 0.29) is 34.7 Å². The molecule has 8 nitrogen and oxygen atoms in total. The molecule has 0 radical (unpaired) electrons. The summed E-state index contributed by atoms with van der Waals surface area (Å²) in [6, 6.07) is 4.97. The van der Waals surface area contributed by atoms with Gasteiger partial charge in [-0.15, -0.1) is 0 Å². The molecule has 0 bridgehead atoms. The van der Waals surface area contributed by atoms with Crippen LogP contribution in [0.5, 0.6) is 0 Å². The molecule has 0 N–H and O–H groups in total. The Hall–Kier alpha value is -1.84. The van der Waals surface area contributed by atoms with Crippen molar-refractivity contribution in [3.8, 4) is 0 Å². The largest absolute Gasteiger partial charge is 0.303 e. The van der Waals surface area contributed by atoms with E-state index in [2.05, 4.69) is 11.8 Å². The number of unbranched alkanes of at least 4 members (excludes halogenated alkanes) is 2. The average Bonchev–Trinajstić information content (AvgIpc) is 3.24. The lowest BCUT2D eigenvalue weighted by atomic mass is 9.86. The van der Waals surface area contributed by atoms with E-state index < -0.39 is 14.9 Å². The highest BCUT2D eigenvalue weighted by molar-refractivity contribution is 7.89. The van der Waals surface area contributed by atoms with E-state index in [1.807, 2.05) is 0 Å². The van der Waals surface area contributed by atoms with Gasteiger partial charge in [-0.2, -0.15) is 4.31 Å². The van der Waals surface area contributed by atoms with Crippen molar-refractivity contribution < 1.29 is 18.1 Å². The monoisotopic (exact) mass is 479 g/mol. The molecule has 0 amide bonds. The van der Waals surface area contributed by atoms with E-state index >= 15 is 0 Å². The highest BCUT2D eigenvalue weighted by Crippen LogP contribution is 2.33. The third kappa shape index (κ3) is 6.83. The molecular weight excluding hydrogens is 442 g/mol. The summed E-state index contributed by atoms with van der Waals surface area (Å²) >= 11 is 0. The third-order valence-electron chi connectivity index (χ3n) is 7.01. The van der Waals surface area contributed by atoms with Gasteiger partial charge in [0.25, 0.3) is 5.69 Å². The molecule has 3 rings (SSSR count). The van der Waals surface area contributed by atoms with Gasteiger partial charge in [0.2, 0.25) is 10.0 Å². The average molecular weight is 480 g/mol. The summed E-state index contributed by atoms with van der Waals surface area (Å²) in [5.74, 6) is -0.0589. The number of likely N-dealkylation sites (tertiary alicyclic amines) is 1. The molecule has 1 aromatic rings. The topological polar surface area (TPSA) is 101 Å². The van der Waals surface area contributed by atoms with Crippen molar-refractivity contribution in [1.82, 2.24) is 9.21 Å². The predicted octanol–water partition coefficient (Wildman–Crippen LogP) is 4.25. The Bertz CT molecular complexity index is 897. The smallest absolute Gasteiger partial charge is 0.269 e. The van der Waals surface area contributed by atoms with Crippen LogP contribution in [0.2, 0.25) is 0 Å². The number of nitro groups is 1. The maximum Gasteiger partial charge on any atom is 0.269 e. The van der Waals surface area contributed by atoms with Gasteiger partial charge in [-0.25, -0.2) is 8.42 Å². The van der Waals surface area contributed by atoms with Gasteiger partial charge in [-0.1, -0.05) is 26.2 Å². The molecular formula is C24H37N3O5S. The number of piperidine rings is 1. The highest BCUT2D eigenvalue weighted by Gasteiger charge is 2.41. The van der Waals surface area contributed by atoms with Gasteiger partial charge in [-0.05, 0) is 69.8 Å². The Labute approximate surface area is 197 Å². The third-order valence-corrected chi connectivity index (χ3v) is 8.86. The summed E-state index contributed by atoms with van der Waals surface area (Å²) in [5.41, 5.74) is -0.146. The van der Waals surface area contributed by atoms with Crippen LogP contribution in [0.1, 0.15) is 64.7 Å². The number of nitrogens with zero attached hydrogens (tertiary/aromatic N) is 3. The van der Waals surface area contributed by atoms with Crippen LogP contribution in [-0.4, -0.2) is 61.1 Å². The molecule has 2 saturated heterocycles. The van der Waals surface area contributed by atoms with Gasteiger partial charge in [0.05, 0.1) is 9.82 Å². The number of ketones is 1. The van der Waals surface area contributed by atoms with Crippen molar-refractivity contribution in [3.63, 3.8) is 0 Å². The number of non-ortho nitro benzene ring substituents is 1. The number of hydrogen-bond donors (Lipinski definition) is 0. The minimum Gasteiger partial charge on any atom is -0.303 e. The van der Waals surface area contributed by atoms with Crippen molar-refractivity contribution in [2.24, 2.45) is 11.8 Å². The maximum atomic E-state index is 13.1. The number of carbonyl (C=O) groups is 1. The van der Waals surface area contributed by atoms with Crippen LogP contribution in [-0.2, 0) is 14.8 Å². The number of benzene rings is 1. The first-order valence-corrected chi connectivity index (χ1v) is 13.8. The number of Topliss-reactive ketones (excluding diaryl/α,β-unsaturated/α-hetero) is 1. The molecule has 2 fully saturated rings. The van der Waals surface area contributed by atoms with Crippen molar-refractivity contribution in [2.45, 2.75) is 69.6 Å². The lowest BCUT2D eigenvalue weighted by molar-refractivity contribution is -0.384. The molecule has 0 saturated carbocycles. The standard InChI is InChI=1S/C24H37N3O5S/c1-2-9-20-18-26(33(31,32)22-13-11-21(12-14-22)27(29)30)19-23(20)24(28)10-5-3-6-15-25-16-7-4-8-17-25/h11-14,20,23H,2-10,15-19H2,1H3/t20-,23?/m0/s1. The maximum absolute atomic E-state index is 13.1. The SMILES string of the molecule is CCC[C@H]1CN(S(=O)(=O)c2ccc([N+](=O)[O-])cc2)CC1C(=O)CCCCCN1CCCCC1. The van der Waals surface area contributed by atoms with E-state index in [1.54, 1.807) is 0 Å². The Morgan fingerprint density at radius 3 is 2.39 bits per heavy atom. The Kier molecular flexibility index (Phi) is 9.40. The first-order valence-electron chi connectivity index (χ1n) is 12.3. The minimum atomic E-state index is -3.79. The Morgan fingerprint density at radius 1 is 1.06 bits per heavy atom. The van der Waals surface area contributed by atoms with Gasteiger partial charge in [0, 0.05) is 37.6 Å². The van der Waals surface area contributed by atoms with Crippen molar-refractivity contribution in [1.29, 1.82) is 0 Å². The molecule has 184 valence electrons. The number of nitro benzene ring substituents is 1. The normalized spacial score (nSPS) is 22.5. The van der Waals surface area contributed by atoms with Crippen LogP contribution in [0.25, 0.3) is 0 Å². The molecule has 0 aromatic heterocycles. The van der Waals surface area contributed by atoms with Crippen LogP contribution in [0, 0.1) is 22.0 Å². The number of hydrogen-bond acceptors (Lipinski definition) is 6. The minimum absolute atomic E-state index is 0.0312. The van der Waals surface area contributed by atoms with E-state index in [1.165, 1.54) is 60.9 Å². The van der Waals surface area contributed by atoms with E-state index in [4.69, 9.17) is 0 Å². The first-order chi connectivity index (χ1) is 15.8. The van der Waals surface area contributed by atoms with Crippen molar-refractivity contribution >= 4 is 21.5 Å². The van der Waals surface area contributed by atoms with E-state index in [0.717, 1.165) is 38.6 Å². The summed E-state index contributed by atoms with van der Waals surface area (Å²) in [6.07, 6.45) is 9.13. The van der Waals surface area contributed by atoms with Gasteiger partial charge in [0.1, 0.15) is 5.78 Å². The molecule has 2 aliphatic heterocycles. The molecule has 2 heterocycles. The molecule has 0 spiro atoms. The lowest BCUT2D eigenvalue weighted by Gasteiger charge is -2.26. The lowest BCUT2D eigenvalue weighted by Crippen LogP contribution is -2.30. The molecule has 33 heavy (non-hydrogen) atoms. The van der Waals surface area contributed by atoms with Crippen molar-refractivity contribution in [2.75, 3.05) is 32.7 Å². The molecule has 2 aliphatic rings. The second kappa shape index (κ2) is 12.0. The second-order valence-corrected chi connectivity index (χ2v) is 11.3. The zero-order valence-electron chi connectivity index (χ0n) is 19.7. The quantitative estimate of drug-likeness (QED) is 0.252. The molecule has 9 heteroatoms. The fourth-order valence-electron chi connectivity index (χ4n) is 5.12. The number of sulfonamides is 1. The van der Waals surface area contributed by atoms with Gasteiger partial charge in [-0.3, -0.25) is 14.9 Å². The van der Waals surface area contributed by atoms with E-state index in [0.29, 0.717) is 13.0 Å². The predicted molar refractivity (Wildman–Crippen MR) is 128 cm³/mol. The van der Waals surface area contributed by atoms with E-state index in [9.17, 15) is 23.3 Å². The van der Waals surface area contributed by atoms with Crippen LogP contribution in [0.4, 0.5) is 5.69 Å². The Morgan fingerprint density at radius 2 is 1.76 bits per heavy atom. The van der Waals surface area contributed by atoms with Gasteiger partial charge < -0.3 is 4.90 Å². The molecule has 0 aliphatic carbocycles. The zero-order valence-corrected chi connectivity index (χ0v) is 20.5. The van der Waals surface area contributed by atoms with Crippen molar-refractivity contribution in [3.05, 3.63) is 34.4 Å². The van der Waals surface area contributed by atoms with Crippen LogP contribution in [0.3, 0.4) is 0 Å². The van der Waals surface area contributed by atoms with Gasteiger partial charge >= 0.3 is 0 Å². The highest BCUT2D eigenvalue weighted by atomic mass is 32.2. The van der Waals surface area contributed by atoms with Crippen LogP contribution >= 0.6 is 0 Å². The summed E-state index contributed by atoms with van der Waals surface area (Å²) in [4.78, 5) is 25.9. The van der Waals surface area contributed by atoms with Crippen LogP contribution in [0.15, 0.2) is 29.2 Å². The summed E-state index contributed by atoms with van der Waals surface area (Å²) < 4.78 is 27.6. The molecule has 2 atom stereocenters. The number of rotatable bonds is 12. The summed E-state index contributed by atoms with van der Waals surface area (Å²) in [6.45, 7) is 6.08. The number of carbonyl (C=O) groups excluding carboxylic acids is 1. The van der Waals surface area contributed by atoms with Gasteiger partial charge in [0.15, 0.2) is 0 Å². The van der Waals surface area contributed by atoms with Crippen LogP contribution < -0.4 is 0 Å². The Balaban J connectivity index is 1.54. The summed E-state index contributed by atoms with van der Waals surface area (Å²) in [5, 5.41) is 10.9. The zero-order chi connectivity index (χ0) is 23.8. The molecule has 1 unspecified atom stereocenters. The second-order valence-electron chi connectivity index (χ2n) is 9.41. The summed E-state index contributed by atoms with van der Waals surface area (Å²) in [7, 11) is -3.79. The first kappa shape index (κ1) is 25.8.